The highest BCUT2D eigenvalue weighted by Gasteiger charge is 2.09. The van der Waals surface area contributed by atoms with Crippen molar-refractivity contribution in [1.82, 2.24) is 5.32 Å². The molecule has 4 nitrogen and oxygen atoms in total. The molecule has 2 rings (SSSR count). The number of ether oxygens (including phenoxy) is 1. The van der Waals surface area contributed by atoms with Gasteiger partial charge in [-0.15, -0.1) is 11.3 Å². The lowest BCUT2D eigenvalue weighted by Crippen LogP contribution is -2.26. The molecule has 0 aliphatic heterocycles. The zero-order chi connectivity index (χ0) is 17.4. The van der Waals surface area contributed by atoms with E-state index < -0.39 is 5.91 Å². The van der Waals surface area contributed by atoms with Gasteiger partial charge in [0.2, 0.25) is 0 Å². The highest BCUT2D eigenvalue weighted by atomic mass is 32.1. The number of methoxy groups -OCH3 is 1. The minimum atomic E-state index is -0.398. The third kappa shape index (κ3) is 5.01. The fourth-order valence-electron chi connectivity index (χ4n) is 2.00. The number of halogens is 1. The highest BCUT2D eigenvalue weighted by Crippen LogP contribution is 2.29. The summed E-state index contributed by atoms with van der Waals surface area (Å²) in [5.41, 5.74) is 0.948. The maximum atomic E-state index is 13.0. The molecule has 0 bridgehead atoms. The Labute approximate surface area is 144 Å². The maximum absolute atomic E-state index is 13.0. The second-order valence-electron chi connectivity index (χ2n) is 4.98. The van der Waals surface area contributed by atoms with Crippen molar-refractivity contribution in [3.05, 3.63) is 52.7 Å². The van der Waals surface area contributed by atoms with Crippen LogP contribution >= 0.6 is 11.3 Å². The van der Waals surface area contributed by atoms with E-state index in [2.05, 4.69) is 5.32 Å². The second kappa shape index (κ2) is 8.96. The molecule has 24 heavy (non-hydrogen) atoms. The van der Waals surface area contributed by atoms with Crippen LogP contribution in [0.5, 0.6) is 0 Å². The van der Waals surface area contributed by atoms with Gasteiger partial charge < -0.3 is 10.1 Å². The summed E-state index contributed by atoms with van der Waals surface area (Å²) >= 11 is 1.43. The molecule has 0 saturated carbocycles. The zero-order valence-electron chi connectivity index (χ0n) is 13.2. The van der Waals surface area contributed by atoms with Gasteiger partial charge in [-0.1, -0.05) is 12.1 Å². The topological polar surface area (TPSA) is 62.1 Å². The molecule has 1 aromatic heterocycles. The summed E-state index contributed by atoms with van der Waals surface area (Å²) < 4.78 is 17.9. The van der Waals surface area contributed by atoms with Crippen LogP contribution in [-0.4, -0.2) is 26.2 Å². The molecule has 0 aliphatic carbocycles. The minimum absolute atomic E-state index is 0.0555. The van der Waals surface area contributed by atoms with Gasteiger partial charge in [-0.3, -0.25) is 4.79 Å². The molecule has 1 heterocycles. The first-order chi connectivity index (χ1) is 11.6. The van der Waals surface area contributed by atoms with E-state index in [4.69, 9.17) is 4.74 Å². The molecule has 0 aliphatic rings. The molecule has 0 spiro atoms. The first-order valence-electron chi connectivity index (χ1n) is 7.38. The smallest absolute Gasteiger partial charge is 0.261 e. The molecule has 0 radical (unpaired) electrons. The van der Waals surface area contributed by atoms with Gasteiger partial charge >= 0.3 is 0 Å². The Morgan fingerprint density at radius 1 is 1.33 bits per heavy atom. The average molecular weight is 344 g/mol. The van der Waals surface area contributed by atoms with Crippen molar-refractivity contribution in [2.45, 2.75) is 6.42 Å². The number of carbonyl (C=O) groups excluding carboxylic acids is 1. The largest absolute Gasteiger partial charge is 0.385 e. The molecule has 1 amide bonds. The lowest BCUT2D eigenvalue weighted by molar-refractivity contribution is -0.117. The minimum Gasteiger partial charge on any atom is -0.385 e. The van der Waals surface area contributed by atoms with Crippen LogP contribution in [0, 0.1) is 17.1 Å². The van der Waals surface area contributed by atoms with Crippen LogP contribution in [-0.2, 0) is 9.53 Å². The number of rotatable bonds is 7. The molecule has 6 heteroatoms. The summed E-state index contributed by atoms with van der Waals surface area (Å²) in [5.74, 6) is -0.683. The van der Waals surface area contributed by atoms with Crippen molar-refractivity contribution < 1.29 is 13.9 Å². The monoisotopic (exact) mass is 344 g/mol. The normalized spacial score (nSPS) is 11.1. The van der Waals surface area contributed by atoms with Crippen molar-refractivity contribution in [1.29, 1.82) is 5.26 Å². The van der Waals surface area contributed by atoms with E-state index >= 15 is 0 Å². The summed E-state index contributed by atoms with van der Waals surface area (Å²) in [6.07, 6.45) is 2.25. The third-order valence-electron chi connectivity index (χ3n) is 3.22. The molecule has 124 valence electrons. The Bertz CT molecular complexity index is 760. The number of nitrogens with zero attached hydrogens (tertiary/aromatic N) is 1. The Morgan fingerprint density at radius 3 is 2.75 bits per heavy atom. The van der Waals surface area contributed by atoms with Crippen molar-refractivity contribution in [3.63, 3.8) is 0 Å². The molecule has 1 aromatic carbocycles. The van der Waals surface area contributed by atoms with Gasteiger partial charge in [-0.25, -0.2) is 4.39 Å². The SMILES string of the molecule is COCCCNC(=O)/C(C#N)=C/c1ccc(-c2ccc(F)cc2)s1. The van der Waals surface area contributed by atoms with E-state index in [1.807, 2.05) is 18.2 Å². The number of nitrogens with one attached hydrogen (secondary N) is 1. The molecule has 0 fully saturated rings. The molecule has 1 N–H and O–H groups in total. The molecular formula is C18H17FN2O2S. The fraction of sp³-hybridized carbons (Fsp3) is 0.222. The van der Waals surface area contributed by atoms with E-state index in [1.54, 1.807) is 25.3 Å². The second-order valence-corrected chi connectivity index (χ2v) is 6.10. The van der Waals surface area contributed by atoms with Gasteiger partial charge in [0.15, 0.2) is 0 Å². The number of thiophene rings is 1. The van der Waals surface area contributed by atoms with Crippen LogP contribution in [0.25, 0.3) is 16.5 Å². The molecule has 0 saturated heterocycles. The fourth-order valence-corrected chi connectivity index (χ4v) is 2.96. The van der Waals surface area contributed by atoms with Gasteiger partial charge in [-0.05, 0) is 42.3 Å². The Morgan fingerprint density at radius 2 is 2.08 bits per heavy atom. The molecular weight excluding hydrogens is 327 g/mol. The summed E-state index contributed by atoms with van der Waals surface area (Å²) in [4.78, 5) is 13.7. The van der Waals surface area contributed by atoms with Crippen molar-refractivity contribution in [2.24, 2.45) is 0 Å². The van der Waals surface area contributed by atoms with E-state index in [-0.39, 0.29) is 11.4 Å². The first kappa shape index (κ1) is 17.9. The van der Waals surface area contributed by atoms with Crippen LogP contribution in [0.4, 0.5) is 4.39 Å². The zero-order valence-corrected chi connectivity index (χ0v) is 14.0. The first-order valence-corrected chi connectivity index (χ1v) is 8.20. The van der Waals surface area contributed by atoms with E-state index in [0.29, 0.717) is 19.6 Å². The van der Waals surface area contributed by atoms with Gasteiger partial charge in [0.1, 0.15) is 17.5 Å². The summed E-state index contributed by atoms with van der Waals surface area (Å²) in [5, 5.41) is 11.9. The molecule has 0 unspecified atom stereocenters. The number of hydrogen-bond donors (Lipinski definition) is 1. The summed E-state index contributed by atoms with van der Waals surface area (Å²) in [7, 11) is 1.60. The predicted molar refractivity (Wildman–Crippen MR) is 92.8 cm³/mol. The average Bonchev–Trinajstić information content (AvgIpc) is 3.05. The summed E-state index contributed by atoms with van der Waals surface area (Å²) in [6.45, 7) is 1.01. The number of carbonyl (C=O) groups is 1. The lowest BCUT2D eigenvalue weighted by Gasteiger charge is -2.03. The predicted octanol–water partition coefficient (Wildman–Crippen LogP) is 3.61. The molecule has 0 atom stereocenters. The Kier molecular flexibility index (Phi) is 6.67. The highest BCUT2D eigenvalue weighted by molar-refractivity contribution is 7.16. The lowest BCUT2D eigenvalue weighted by atomic mass is 10.2. The van der Waals surface area contributed by atoms with Crippen LogP contribution in [0.15, 0.2) is 42.0 Å². The van der Waals surface area contributed by atoms with Gasteiger partial charge in [0.05, 0.1) is 0 Å². The Balaban J connectivity index is 2.07. The maximum Gasteiger partial charge on any atom is 0.261 e. The van der Waals surface area contributed by atoms with Crippen LogP contribution in [0.3, 0.4) is 0 Å². The van der Waals surface area contributed by atoms with Crippen molar-refractivity contribution in [3.8, 4) is 16.5 Å². The quantitative estimate of drug-likeness (QED) is 0.474. The Hall–Kier alpha value is -2.49. The van der Waals surface area contributed by atoms with E-state index in [9.17, 15) is 14.4 Å². The van der Waals surface area contributed by atoms with Crippen LogP contribution < -0.4 is 5.32 Å². The van der Waals surface area contributed by atoms with Crippen LogP contribution in [0.2, 0.25) is 0 Å². The van der Waals surface area contributed by atoms with Gasteiger partial charge in [0.25, 0.3) is 5.91 Å². The van der Waals surface area contributed by atoms with Gasteiger partial charge in [0, 0.05) is 30.0 Å². The van der Waals surface area contributed by atoms with E-state index in [0.717, 1.165) is 15.3 Å². The number of hydrogen-bond acceptors (Lipinski definition) is 4. The van der Waals surface area contributed by atoms with Gasteiger partial charge in [-0.2, -0.15) is 5.26 Å². The number of benzene rings is 1. The van der Waals surface area contributed by atoms with Crippen molar-refractivity contribution >= 4 is 23.3 Å². The molecule has 2 aromatic rings. The van der Waals surface area contributed by atoms with Crippen molar-refractivity contribution in [2.75, 3.05) is 20.3 Å². The summed E-state index contributed by atoms with van der Waals surface area (Å²) in [6, 6.07) is 11.8. The van der Waals surface area contributed by atoms with E-state index in [1.165, 1.54) is 23.5 Å². The van der Waals surface area contributed by atoms with Crippen LogP contribution in [0.1, 0.15) is 11.3 Å². The number of amides is 1. The standard InChI is InChI=1S/C18H17FN2O2S/c1-23-10-2-9-21-18(22)14(12-20)11-16-7-8-17(24-16)13-3-5-15(19)6-4-13/h3-8,11H,2,9-10H2,1H3,(H,21,22)/b14-11+. The number of nitriles is 1. The third-order valence-corrected chi connectivity index (χ3v) is 4.30.